The molecule has 2 aliphatic heterocycles. The van der Waals surface area contributed by atoms with Crippen LogP contribution in [0.15, 0.2) is 29.2 Å². The SMILES string of the molecule is Cc1ccc(S(=O)(=O)N2CCNCCC23CCOCC3)cc1. The Morgan fingerprint density at radius 1 is 1.09 bits per heavy atom. The molecule has 0 saturated carbocycles. The summed E-state index contributed by atoms with van der Waals surface area (Å²) in [6.07, 6.45) is 2.40. The van der Waals surface area contributed by atoms with Gasteiger partial charge in [-0.3, -0.25) is 0 Å². The number of hydrogen-bond acceptors (Lipinski definition) is 4. The normalized spacial score (nSPS) is 23.3. The summed E-state index contributed by atoms with van der Waals surface area (Å²) in [6.45, 7) is 5.33. The lowest BCUT2D eigenvalue weighted by atomic mass is 9.87. The van der Waals surface area contributed by atoms with E-state index in [0.717, 1.165) is 31.4 Å². The van der Waals surface area contributed by atoms with E-state index in [1.807, 2.05) is 19.1 Å². The van der Waals surface area contributed by atoms with Crippen molar-refractivity contribution in [2.24, 2.45) is 0 Å². The largest absolute Gasteiger partial charge is 0.381 e. The van der Waals surface area contributed by atoms with Gasteiger partial charge >= 0.3 is 0 Å². The van der Waals surface area contributed by atoms with Gasteiger partial charge in [-0.05, 0) is 44.9 Å². The standard InChI is InChI=1S/C16H24N2O3S/c1-14-2-4-15(5-3-14)22(19,20)18-11-10-17-9-6-16(18)7-12-21-13-8-16/h2-5,17H,6-13H2,1H3. The molecule has 0 aliphatic carbocycles. The summed E-state index contributed by atoms with van der Waals surface area (Å²) in [6, 6.07) is 7.16. The van der Waals surface area contributed by atoms with Crippen LogP contribution in [0.4, 0.5) is 0 Å². The molecule has 2 saturated heterocycles. The maximum atomic E-state index is 13.2. The Morgan fingerprint density at radius 2 is 1.77 bits per heavy atom. The molecule has 2 aliphatic rings. The van der Waals surface area contributed by atoms with Crippen LogP contribution in [-0.2, 0) is 14.8 Å². The molecule has 2 heterocycles. The van der Waals surface area contributed by atoms with Crippen molar-refractivity contribution in [2.75, 3.05) is 32.8 Å². The average Bonchev–Trinajstić information content (AvgIpc) is 2.71. The smallest absolute Gasteiger partial charge is 0.243 e. The molecule has 2 fully saturated rings. The average molecular weight is 324 g/mol. The van der Waals surface area contributed by atoms with Crippen molar-refractivity contribution in [1.29, 1.82) is 0 Å². The first-order valence-electron chi connectivity index (χ1n) is 7.93. The Kier molecular flexibility index (Phi) is 4.54. The van der Waals surface area contributed by atoms with E-state index in [0.29, 0.717) is 31.2 Å². The molecule has 1 aromatic rings. The van der Waals surface area contributed by atoms with Crippen molar-refractivity contribution in [3.05, 3.63) is 29.8 Å². The fourth-order valence-corrected chi connectivity index (χ4v) is 5.30. The van der Waals surface area contributed by atoms with Gasteiger partial charge in [-0.2, -0.15) is 4.31 Å². The first kappa shape index (κ1) is 15.9. The third-order valence-corrected chi connectivity index (χ3v) is 6.84. The molecule has 0 radical (unpaired) electrons. The van der Waals surface area contributed by atoms with Crippen molar-refractivity contribution in [1.82, 2.24) is 9.62 Å². The molecular formula is C16H24N2O3S. The van der Waals surface area contributed by atoms with Gasteiger partial charge in [0.25, 0.3) is 0 Å². The number of benzene rings is 1. The second kappa shape index (κ2) is 6.28. The summed E-state index contributed by atoms with van der Waals surface area (Å²) in [7, 11) is -3.47. The van der Waals surface area contributed by atoms with Crippen molar-refractivity contribution in [3.8, 4) is 0 Å². The molecule has 0 aromatic heterocycles. The maximum absolute atomic E-state index is 13.2. The molecular weight excluding hydrogens is 300 g/mol. The predicted molar refractivity (Wildman–Crippen MR) is 85.3 cm³/mol. The highest BCUT2D eigenvalue weighted by molar-refractivity contribution is 7.89. The van der Waals surface area contributed by atoms with Crippen LogP contribution in [0.2, 0.25) is 0 Å². The summed E-state index contributed by atoms with van der Waals surface area (Å²) < 4.78 is 33.6. The van der Waals surface area contributed by atoms with Gasteiger partial charge in [0, 0.05) is 31.8 Å². The molecule has 0 amide bonds. The number of nitrogens with zero attached hydrogens (tertiary/aromatic N) is 1. The number of ether oxygens (including phenoxy) is 1. The van der Waals surface area contributed by atoms with Gasteiger partial charge in [0.05, 0.1) is 4.90 Å². The van der Waals surface area contributed by atoms with Crippen LogP contribution < -0.4 is 5.32 Å². The first-order chi connectivity index (χ1) is 10.5. The van der Waals surface area contributed by atoms with E-state index in [1.54, 1.807) is 16.4 Å². The first-order valence-corrected chi connectivity index (χ1v) is 9.37. The van der Waals surface area contributed by atoms with Gasteiger partial charge in [-0.1, -0.05) is 17.7 Å². The Morgan fingerprint density at radius 3 is 2.45 bits per heavy atom. The number of sulfonamides is 1. The second-order valence-electron chi connectivity index (χ2n) is 6.23. The van der Waals surface area contributed by atoms with Crippen LogP contribution in [-0.4, -0.2) is 51.1 Å². The highest BCUT2D eigenvalue weighted by Gasteiger charge is 2.45. The second-order valence-corrected chi connectivity index (χ2v) is 8.09. The molecule has 22 heavy (non-hydrogen) atoms. The third-order valence-electron chi connectivity index (χ3n) is 4.82. The molecule has 1 N–H and O–H groups in total. The lowest BCUT2D eigenvalue weighted by molar-refractivity contribution is 0.00634. The van der Waals surface area contributed by atoms with E-state index in [1.165, 1.54) is 0 Å². The number of aryl methyl sites for hydroxylation is 1. The zero-order chi connectivity index (χ0) is 15.6. The highest BCUT2D eigenvalue weighted by Crippen LogP contribution is 2.36. The van der Waals surface area contributed by atoms with Crippen molar-refractivity contribution in [2.45, 2.75) is 36.6 Å². The Hall–Kier alpha value is -0.950. The molecule has 0 bridgehead atoms. The lowest BCUT2D eigenvalue weighted by Gasteiger charge is -2.44. The molecule has 5 nitrogen and oxygen atoms in total. The van der Waals surface area contributed by atoms with E-state index < -0.39 is 10.0 Å². The van der Waals surface area contributed by atoms with Gasteiger partial charge in [0.15, 0.2) is 0 Å². The van der Waals surface area contributed by atoms with Crippen molar-refractivity contribution in [3.63, 3.8) is 0 Å². The monoisotopic (exact) mass is 324 g/mol. The Labute approximate surface area is 132 Å². The minimum atomic E-state index is -3.47. The minimum Gasteiger partial charge on any atom is -0.381 e. The molecule has 1 aromatic carbocycles. The van der Waals surface area contributed by atoms with Gasteiger partial charge in [0.1, 0.15) is 0 Å². The quantitative estimate of drug-likeness (QED) is 0.896. The van der Waals surface area contributed by atoms with Crippen molar-refractivity contribution < 1.29 is 13.2 Å². The third kappa shape index (κ3) is 2.93. The fraction of sp³-hybridized carbons (Fsp3) is 0.625. The molecule has 3 rings (SSSR count). The topological polar surface area (TPSA) is 58.6 Å². The highest BCUT2D eigenvalue weighted by atomic mass is 32.2. The minimum absolute atomic E-state index is 0.300. The zero-order valence-electron chi connectivity index (χ0n) is 13.0. The van der Waals surface area contributed by atoms with Crippen molar-refractivity contribution >= 4 is 10.0 Å². The van der Waals surface area contributed by atoms with E-state index >= 15 is 0 Å². The van der Waals surface area contributed by atoms with Gasteiger partial charge in [-0.25, -0.2) is 8.42 Å². The Bertz CT molecular complexity index is 607. The summed E-state index contributed by atoms with van der Waals surface area (Å²) >= 11 is 0. The van der Waals surface area contributed by atoms with Crippen LogP contribution in [0.5, 0.6) is 0 Å². The fourth-order valence-electron chi connectivity index (χ4n) is 3.45. The molecule has 0 atom stereocenters. The predicted octanol–water partition coefficient (Wildman–Crippen LogP) is 1.53. The number of rotatable bonds is 2. The van der Waals surface area contributed by atoms with E-state index in [4.69, 9.17) is 4.74 Å². The van der Waals surface area contributed by atoms with Gasteiger partial charge in [0.2, 0.25) is 10.0 Å². The van der Waals surface area contributed by atoms with E-state index in [9.17, 15) is 8.42 Å². The lowest BCUT2D eigenvalue weighted by Crippen LogP contribution is -2.54. The van der Waals surface area contributed by atoms with Crippen LogP contribution >= 0.6 is 0 Å². The number of hydrogen-bond donors (Lipinski definition) is 1. The molecule has 1 spiro atoms. The van der Waals surface area contributed by atoms with Crippen LogP contribution in [0, 0.1) is 6.92 Å². The summed E-state index contributed by atoms with van der Waals surface area (Å²) in [5, 5.41) is 3.33. The zero-order valence-corrected chi connectivity index (χ0v) is 13.9. The van der Waals surface area contributed by atoms with Crippen LogP contribution in [0.25, 0.3) is 0 Å². The molecule has 0 unspecified atom stereocenters. The molecule has 122 valence electrons. The Balaban J connectivity index is 1.99. The summed E-state index contributed by atoms with van der Waals surface area (Å²) in [5.41, 5.74) is 0.767. The summed E-state index contributed by atoms with van der Waals surface area (Å²) in [4.78, 5) is 0.394. The van der Waals surface area contributed by atoms with E-state index in [-0.39, 0.29) is 5.54 Å². The van der Waals surface area contributed by atoms with E-state index in [2.05, 4.69) is 5.32 Å². The van der Waals surface area contributed by atoms with Crippen LogP contribution in [0.3, 0.4) is 0 Å². The van der Waals surface area contributed by atoms with Gasteiger partial charge in [-0.15, -0.1) is 0 Å². The van der Waals surface area contributed by atoms with Gasteiger partial charge < -0.3 is 10.1 Å². The molecule has 6 heteroatoms. The summed E-state index contributed by atoms with van der Waals surface area (Å²) in [5.74, 6) is 0. The maximum Gasteiger partial charge on any atom is 0.243 e. The number of nitrogens with one attached hydrogen (secondary N) is 1. The van der Waals surface area contributed by atoms with Crippen LogP contribution in [0.1, 0.15) is 24.8 Å².